The van der Waals surface area contributed by atoms with Crippen LogP contribution in [0.15, 0.2) is 46.3 Å². The van der Waals surface area contributed by atoms with Crippen molar-refractivity contribution in [2.24, 2.45) is 5.10 Å². The van der Waals surface area contributed by atoms with E-state index in [1.54, 1.807) is 24.4 Å². The molecule has 8 heteroatoms. The molecule has 0 bridgehead atoms. The van der Waals surface area contributed by atoms with Crippen LogP contribution in [0.2, 0.25) is 0 Å². The van der Waals surface area contributed by atoms with Crippen LogP contribution in [0.3, 0.4) is 0 Å². The predicted octanol–water partition coefficient (Wildman–Crippen LogP) is 2.45. The lowest BCUT2D eigenvalue weighted by Gasteiger charge is -2.06. The molecule has 1 aromatic heterocycles. The second-order valence-electron chi connectivity index (χ2n) is 6.51. The van der Waals surface area contributed by atoms with E-state index in [-0.39, 0.29) is 12.2 Å². The van der Waals surface area contributed by atoms with E-state index in [1.165, 1.54) is 6.07 Å². The Bertz CT molecular complexity index is 1090. The normalized spacial score (nSPS) is 11.1. The quantitative estimate of drug-likeness (QED) is 0.665. The molecule has 0 saturated heterocycles. The van der Waals surface area contributed by atoms with Gasteiger partial charge in [-0.3, -0.25) is 9.59 Å². The number of benzene rings is 2. The molecule has 0 radical (unpaired) electrons. The van der Waals surface area contributed by atoms with Crippen molar-refractivity contribution in [1.82, 2.24) is 20.4 Å². The van der Waals surface area contributed by atoms with E-state index in [0.29, 0.717) is 5.56 Å². The Morgan fingerprint density at radius 2 is 1.93 bits per heavy atom. The zero-order valence-electron chi connectivity index (χ0n) is 15.8. The molecule has 28 heavy (non-hydrogen) atoms. The van der Waals surface area contributed by atoms with Crippen LogP contribution in [0.4, 0.5) is 4.39 Å². The second kappa shape index (κ2) is 7.99. The van der Waals surface area contributed by atoms with Gasteiger partial charge in [0.1, 0.15) is 5.82 Å². The molecule has 0 aliphatic carbocycles. The fourth-order valence-corrected chi connectivity index (χ4v) is 2.93. The van der Waals surface area contributed by atoms with E-state index >= 15 is 0 Å². The minimum Gasteiger partial charge on any atom is -0.346 e. The molecular weight excluding hydrogens is 361 g/mol. The third-order valence-electron chi connectivity index (χ3n) is 4.30. The summed E-state index contributed by atoms with van der Waals surface area (Å²) in [5.74, 6) is -1.14. The number of rotatable bonds is 5. The molecule has 0 aliphatic heterocycles. The number of carbonyl (C=O) groups excluding carboxylic acids is 1. The first-order chi connectivity index (χ1) is 13.4. The predicted molar refractivity (Wildman–Crippen MR) is 104 cm³/mol. The van der Waals surface area contributed by atoms with Crippen molar-refractivity contribution in [3.05, 3.63) is 86.1 Å². The highest BCUT2D eigenvalue weighted by atomic mass is 19.1. The number of aromatic amines is 1. The van der Waals surface area contributed by atoms with Gasteiger partial charge in [-0.25, -0.2) is 4.39 Å². The molecule has 0 spiro atoms. The van der Waals surface area contributed by atoms with Gasteiger partial charge < -0.3 is 5.32 Å². The van der Waals surface area contributed by atoms with Gasteiger partial charge in [-0.1, -0.05) is 35.9 Å². The number of aryl methyl sites for hydroxylation is 3. The third-order valence-corrected chi connectivity index (χ3v) is 4.30. The first kappa shape index (κ1) is 19.2. The molecule has 0 fully saturated rings. The van der Waals surface area contributed by atoms with Gasteiger partial charge in [-0.15, -0.1) is 9.89 Å². The van der Waals surface area contributed by atoms with Crippen molar-refractivity contribution >= 4 is 12.1 Å². The van der Waals surface area contributed by atoms with Crippen LogP contribution in [-0.4, -0.2) is 27.2 Å². The first-order valence-electron chi connectivity index (χ1n) is 8.68. The smallest absolute Gasteiger partial charge is 0.320 e. The van der Waals surface area contributed by atoms with E-state index in [0.717, 1.165) is 27.0 Å². The molecule has 2 aromatic carbocycles. The van der Waals surface area contributed by atoms with E-state index < -0.39 is 17.3 Å². The summed E-state index contributed by atoms with van der Waals surface area (Å²) < 4.78 is 13.6. The summed E-state index contributed by atoms with van der Waals surface area (Å²) in [7, 11) is 0. The monoisotopic (exact) mass is 381 g/mol. The molecule has 3 aromatic rings. The SMILES string of the molecule is Cc1cc(C)c(C=Nn2[nH]nc(C(=O)NCc3ccccc3F)c2=O)c(C)c1. The van der Waals surface area contributed by atoms with Crippen molar-refractivity contribution in [3.8, 4) is 0 Å². The number of nitrogens with zero attached hydrogens (tertiary/aromatic N) is 3. The Morgan fingerprint density at radius 3 is 2.61 bits per heavy atom. The zero-order chi connectivity index (χ0) is 20.3. The fraction of sp³-hybridized carbons (Fsp3) is 0.200. The summed E-state index contributed by atoms with van der Waals surface area (Å²) in [4.78, 5) is 25.4. The number of carbonyl (C=O) groups is 1. The van der Waals surface area contributed by atoms with Crippen molar-refractivity contribution in [2.45, 2.75) is 27.3 Å². The molecule has 2 N–H and O–H groups in total. The van der Waals surface area contributed by atoms with Crippen LogP contribution >= 0.6 is 0 Å². The van der Waals surface area contributed by atoms with Gasteiger partial charge in [0.15, 0.2) is 0 Å². The number of nitrogens with one attached hydrogen (secondary N) is 2. The first-order valence-corrected chi connectivity index (χ1v) is 8.68. The minimum absolute atomic E-state index is 0.0527. The maximum atomic E-state index is 13.6. The van der Waals surface area contributed by atoms with Crippen molar-refractivity contribution in [1.29, 1.82) is 0 Å². The molecule has 0 atom stereocenters. The maximum absolute atomic E-state index is 13.6. The molecule has 144 valence electrons. The molecule has 1 heterocycles. The summed E-state index contributed by atoms with van der Waals surface area (Å²) in [6, 6.07) is 10.1. The molecular formula is C20H20FN5O2. The number of hydrogen-bond acceptors (Lipinski definition) is 4. The topological polar surface area (TPSA) is 92.1 Å². The Hall–Kier alpha value is -3.55. The highest BCUT2D eigenvalue weighted by Gasteiger charge is 2.16. The molecule has 1 amide bonds. The van der Waals surface area contributed by atoms with Crippen LogP contribution in [0.1, 0.15) is 38.3 Å². The van der Waals surface area contributed by atoms with Crippen molar-refractivity contribution in [3.63, 3.8) is 0 Å². The maximum Gasteiger partial charge on any atom is 0.320 e. The lowest BCUT2D eigenvalue weighted by Crippen LogP contribution is -2.29. The van der Waals surface area contributed by atoms with Gasteiger partial charge >= 0.3 is 5.56 Å². The zero-order valence-corrected chi connectivity index (χ0v) is 15.8. The average molecular weight is 381 g/mol. The molecule has 0 unspecified atom stereocenters. The van der Waals surface area contributed by atoms with Gasteiger partial charge in [-0.05, 0) is 38.0 Å². The van der Waals surface area contributed by atoms with E-state index in [2.05, 4.69) is 20.7 Å². The van der Waals surface area contributed by atoms with Crippen LogP contribution in [0.25, 0.3) is 0 Å². The van der Waals surface area contributed by atoms with Gasteiger partial charge in [0.25, 0.3) is 5.91 Å². The number of amides is 1. The lowest BCUT2D eigenvalue weighted by atomic mass is 10.0. The standard InChI is InChI=1S/C20H20FN5O2/c1-12-8-13(2)16(14(3)9-12)11-23-26-20(28)18(24-25-26)19(27)22-10-15-6-4-5-7-17(15)21/h4-9,11,25H,10H2,1-3H3,(H,22,27). The van der Waals surface area contributed by atoms with Crippen LogP contribution < -0.4 is 10.9 Å². The van der Waals surface area contributed by atoms with Gasteiger partial charge in [0, 0.05) is 17.7 Å². The summed E-state index contributed by atoms with van der Waals surface area (Å²) >= 11 is 0. The number of aromatic nitrogens is 3. The van der Waals surface area contributed by atoms with Crippen molar-refractivity contribution < 1.29 is 9.18 Å². The highest BCUT2D eigenvalue weighted by molar-refractivity contribution is 5.91. The number of hydrogen-bond donors (Lipinski definition) is 2. The summed E-state index contributed by atoms with van der Waals surface area (Å²) in [5.41, 5.74) is 3.36. The summed E-state index contributed by atoms with van der Waals surface area (Å²) in [5, 5.41) is 12.7. The Morgan fingerprint density at radius 1 is 1.25 bits per heavy atom. The number of H-pyrrole nitrogens is 1. The fourth-order valence-electron chi connectivity index (χ4n) is 2.93. The summed E-state index contributed by atoms with van der Waals surface area (Å²) in [6.45, 7) is 5.87. The van der Waals surface area contributed by atoms with Crippen LogP contribution in [0, 0.1) is 26.6 Å². The Balaban J connectivity index is 1.76. The second-order valence-corrected chi connectivity index (χ2v) is 6.51. The van der Waals surface area contributed by atoms with E-state index in [4.69, 9.17) is 0 Å². The van der Waals surface area contributed by atoms with Crippen molar-refractivity contribution in [2.75, 3.05) is 0 Å². The molecule has 7 nitrogen and oxygen atoms in total. The van der Waals surface area contributed by atoms with Crippen LogP contribution in [0.5, 0.6) is 0 Å². The Kier molecular flexibility index (Phi) is 5.49. The largest absolute Gasteiger partial charge is 0.346 e. The van der Waals surface area contributed by atoms with Gasteiger partial charge in [-0.2, -0.15) is 10.3 Å². The average Bonchev–Trinajstić information content (AvgIpc) is 3.00. The Labute approximate surface area is 160 Å². The van der Waals surface area contributed by atoms with Gasteiger partial charge in [0.2, 0.25) is 5.69 Å². The van der Waals surface area contributed by atoms with Gasteiger partial charge in [0.05, 0.1) is 6.21 Å². The lowest BCUT2D eigenvalue weighted by molar-refractivity contribution is 0.0944. The van der Waals surface area contributed by atoms with E-state index in [9.17, 15) is 14.0 Å². The molecule has 0 aliphatic rings. The van der Waals surface area contributed by atoms with E-state index in [1.807, 2.05) is 32.9 Å². The summed E-state index contributed by atoms with van der Waals surface area (Å²) in [6.07, 6.45) is 1.55. The van der Waals surface area contributed by atoms with Crippen LogP contribution in [-0.2, 0) is 6.54 Å². The number of halogens is 1. The molecule has 0 saturated carbocycles. The minimum atomic E-state index is -0.707. The highest BCUT2D eigenvalue weighted by Crippen LogP contribution is 2.14. The third kappa shape index (κ3) is 4.06. The molecule has 3 rings (SSSR count).